The molecule has 3 atom stereocenters. The smallest absolute Gasteiger partial charge is 0.0799 e. The fourth-order valence-electron chi connectivity index (χ4n) is 2.67. The highest BCUT2D eigenvalue weighted by atomic mass is 79.9. The fourth-order valence-corrected chi connectivity index (χ4v) is 3.07. The highest BCUT2D eigenvalue weighted by Crippen LogP contribution is 2.19. The van der Waals surface area contributed by atoms with E-state index in [1.165, 1.54) is 32.2 Å². The lowest BCUT2D eigenvalue weighted by Gasteiger charge is -2.37. The standard InChI is InChI=1S/C13H24BrNO2/c1-11-10-17-13(8-14)9-15(11)6-2-4-12-5-3-7-16-12/h11-13H,2-10H2,1H3. The van der Waals surface area contributed by atoms with Crippen molar-refractivity contribution in [2.75, 3.05) is 31.6 Å². The molecular formula is C13H24BrNO2. The minimum absolute atomic E-state index is 0.369. The van der Waals surface area contributed by atoms with Crippen LogP contribution in [0.3, 0.4) is 0 Å². The molecule has 17 heavy (non-hydrogen) atoms. The van der Waals surface area contributed by atoms with Gasteiger partial charge < -0.3 is 9.47 Å². The van der Waals surface area contributed by atoms with E-state index in [9.17, 15) is 0 Å². The van der Waals surface area contributed by atoms with Crippen LogP contribution in [0.1, 0.15) is 32.6 Å². The Hall–Kier alpha value is 0.360. The van der Waals surface area contributed by atoms with Crippen LogP contribution in [-0.2, 0) is 9.47 Å². The fraction of sp³-hybridized carbons (Fsp3) is 1.00. The molecule has 2 rings (SSSR count). The summed E-state index contributed by atoms with van der Waals surface area (Å²) in [7, 11) is 0. The van der Waals surface area contributed by atoms with Gasteiger partial charge in [-0.1, -0.05) is 15.9 Å². The highest BCUT2D eigenvalue weighted by molar-refractivity contribution is 9.09. The average molecular weight is 306 g/mol. The van der Waals surface area contributed by atoms with E-state index in [1.54, 1.807) is 0 Å². The average Bonchev–Trinajstić information content (AvgIpc) is 2.84. The van der Waals surface area contributed by atoms with Crippen LogP contribution < -0.4 is 0 Å². The van der Waals surface area contributed by atoms with E-state index in [-0.39, 0.29) is 0 Å². The third kappa shape index (κ3) is 4.19. The van der Waals surface area contributed by atoms with Crippen molar-refractivity contribution in [1.29, 1.82) is 0 Å². The normalized spacial score (nSPS) is 35.3. The summed E-state index contributed by atoms with van der Waals surface area (Å²) in [4.78, 5) is 2.56. The zero-order chi connectivity index (χ0) is 12.1. The maximum absolute atomic E-state index is 5.74. The lowest BCUT2D eigenvalue weighted by molar-refractivity contribution is -0.0478. The molecule has 2 aliphatic rings. The molecule has 3 unspecified atom stereocenters. The van der Waals surface area contributed by atoms with E-state index in [2.05, 4.69) is 27.8 Å². The predicted octanol–water partition coefficient (Wildman–Crippen LogP) is 2.43. The van der Waals surface area contributed by atoms with Gasteiger partial charge in [-0.3, -0.25) is 4.90 Å². The lowest BCUT2D eigenvalue weighted by atomic mass is 10.1. The first kappa shape index (κ1) is 13.8. The zero-order valence-electron chi connectivity index (χ0n) is 10.7. The molecule has 4 heteroatoms. The SMILES string of the molecule is CC1COC(CBr)CN1CCCC1CCCO1. The molecule has 0 aromatic rings. The monoisotopic (exact) mass is 305 g/mol. The number of nitrogens with zero attached hydrogens (tertiary/aromatic N) is 1. The summed E-state index contributed by atoms with van der Waals surface area (Å²) < 4.78 is 11.4. The summed E-state index contributed by atoms with van der Waals surface area (Å²) in [5.74, 6) is 0. The van der Waals surface area contributed by atoms with Crippen molar-refractivity contribution in [2.45, 2.75) is 50.9 Å². The minimum Gasteiger partial charge on any atom is -0.378 e. The number of ether oxygens (including phenoxy) is 2. The van der Waals surface area contributed by atoms with E-state index < -0.39 is 0 Å². The summed E-state index contributed by atoms with van der Waals surface area (Å²) >= 11 is 3.51. The maximum Gasteiger partial charge on any atom is 0.0799 e. The van der Waals surface area contributed by atoms with Gasteiger partial charge in [-0.25, -0.2) is 0 Å². The second-order valence-electron chi connectivity index (χ2n) is 5.23. The number of hydrogen-bond donors (Lipinski definition) is 0. The number of hydrogen-bond acceptors (Lipinski definition) is 3. The Morgan fingerprint density at radius 1 is 1.29 bits per heavy atom. The van der Waals surface area contributed by atoms with Crippen LogP contribution in [0.5, 0.6) is 0 Å². The largest absolute Gasteiger partial charge is 0.378 e. The number of rotatable bonds is 5. The van der Waals surface area contributed by atoms with E-state index in [1.807, 2.05) is 0 Å². The van der Waals surface area contributed by atoms with E-state index >= 15 is 0 Å². The van der Waals surface area contributed by atoms with Crippen LogP contribution in [0, 0.1) is 0 Å². The van der Waals surface area contributed by atoms with E-state index in [0.717, 1.165) is 25.1 Å². The molecule has 0 aromatic carbocycles. The predicted molar refractivity (Wildman–Crippen MR) is 72.8 cm³/mol. The third-order valence-electron chi connectivity index (χ3n) is 3.80. The summed E-state index contributed by atoms with van der Waals surface area (Å²) in [6.45, 7) is 6.36. The van der Waals surface area contributed by atoms with Crippen molar-refractivity contribution in [3.63, 3.8) is 0 Å². The molecular weight excluding hydrogens is 282 g/mol. The van der Waals surface area contributed by atoms with Crippen molar-refractivity contribution in [2.24, 2.45) is 0 Å². The van der Waals surface area contributed by atoms with Gasteiger partial charge in [-0.05, 0) is 39.2 Å². The number of halogens is 1. The Balaban J connectivity index is 1.65. The second-order valence-corrected chi connectivity index (χ2v) is 5.88. The molecule has 3 nitrogen and oxygen atoms in total. The molecule has 2 saturated heterocycles. The number of alkyl halides is 1. The van der Waals surface area contributed by atoms with Crippen molar-refractivity contribution in [3.05, 3.63) is 0 Å². The summed E-state index contributed by atoms with van der Waals surface area (Å²) in [6, 6.07) is 0.565. The lowest BCUT2D eigenvalue weighted by Crippen LogP contribution is -2.49. The van der Waals surface area contributed by atoms with Gasteiger partial charge in [0.2, 0.25) is 0 Å². The van der Waals surface area contributed by atoms with Crippen molar-refractivity contribution in [1.82, 2.24) is 4.90 Å². The van der Waals surface area contributed by atoms with Crippen molar-refractivity contribution >= 4 is 15.9 Å². The molecule has 2 fully saturated rings. The van der Waals surface area contributed by atoms with Crippen LogP contribution in [0.25, 0.3) is 0 Å². The summed E-state index contributed by atoms with van der Waals surface area (Å²) in [6.07, 6.45) is 5.91. The minimum atomic E-state index is 0.369. The molecule has 0 N–H and O–H groups in total. The van der Waals surface area contributed by atoms with Crippen LogP contribution in [0.4, 0.5) is 0 Å². The molecule has 2 aliphatic heterocycles. The van der Waals surface area contributed by atoms with Crippen molar-refractivity contribution < 1.29 is 9.47 Å². The van der Waals surface area contributed by atoms with Gasteiger partial charge >= 0.3 is 0 Å². The molecule has 0 amide bonds. The topological polar surface area (TPSA) is 21.7 Å². The van der Waals surface area contributed by atoms with Gasteiger partial charge in [0.05, 0.1) is 18.8 Å². The molecule has 0 bridgehead atoms. The molecule has 2 heterocycles. The van der Waals surface area contributed by atoms with Gasteiger partial charge in [-0.15, -0.1) is 0 Å². The van der Waals surface area contributed by atoms with E-state index in [4.69, 9.17) is 9.47 Å². The van der Waals surface area contributed by atoms with Gasteiger partial charge in [0, 0.05) is 24.5 Å². The van der Waals surface area contributed by atoms with Crippen LogP contribution in [0.2, 0.25) is 0 Å². The van der Waals surface area contributed by atoms with Gasteiger partial charge in [0.15, 0.2) is 0 Å². The highest BCUT2D eigenvalue weighted by Gasteiger charge is 2.25. The molecule has 0 aliphatic carbocycles. The van der Waals surface area contributed by atoms with Crippen LogP contribution in [0.15, 0.2) is 0 Å². The first-order chi connectivity index (χ1) is 8.29. The van der Waals surface area contributed by atoms with Gasteiger partial charge in [-0.2, -0.15) is 0 Å². The third-order valence-corrected chi connectivity index (χ3v) is 4.52. The summed E-state index contributed by atoms with van der Waals surface area (Å²) in [5.41, 5.74) is 0. The first-order valence-corrected chi connectivity index (χ1v) is 7.95. The quantitative estimate of drug-likeness (QED) is 0.728. The van der Waals surface area contributed by atoms with E-state index in [0.29, 0.717) is 18.2 Å². The van der Waals surface area contributed by atoms with Crippen molar-refractivity contribution in [3.8, 4) is 0 Å². The maximum atomic E-state index is 5.74. The molecule has 0 radical (unpaired) electrons. The Morgan fingerprint density at radius 3 is 2.88 bits per heavy atom. The Morgan fingerprint density at radius 2 is 2.18 bits per heavy atom. The molecule has 0 saturated carbocycles. The van der Waals surface area contributed by atoms with Crippen LogP contribution >= 0.6 is 15.9 Å². The van der Waals surface area contributed by atoms with Gasteiger partial charge in [0.1, 0.15) is 0 Å². The molecule has 0 aromatic heterocycles. The second kappa shape index (κ2) is 7.07. The summed E-state index contributed by atoms with van der Waals surface area (Å²) in [5, 5.41) is 0.946. The van der Waals surface area contributed by atoms with Crippen LogP contribution in [-0.4, -0.2) is 54.8 Å². The Kier molecular flexibility index (Phi) is 5.74. The van der Waals surface area contributed by atoms with Gasteiger partial charge in [0.25, 0.3) is 0 Å². The number of morpholine rings is 1. The molecule has 0 spiro atoms. The Labute approximate surface area is 113 Å². The zero-order valence-corrected chi connectivity index (χ0v) is 12.3. The Bertz CT molecular complexity index is 221. The first-order valence-electron chi connectivity index (χ1n) is 6.83. The molecule has 100 valence electrons.